The highest BCUT2D eigenvalue weighted by molar-refractivity contribution is 7.89. The first-order chi connectivity index (χ1) is 10.3. The van der Waals surface area contributed by atoms with Crippen LogP contribution >= 0.6 is 11.6 Å². The molecule has 0 fully saturated rings. The van der Waals surface area contributed by atoms with Crippen LogP contribution < -0.4 is 4.83 Å². The Morgan fingerprint density at radius 1 is 1.23 bits per heavy atom. The Hall–Kier alpha value is -1.92. The van der Waals surface area contributed by atoms with E-state index in [4.69, 9.17) is 11.6 Å². The first-order valence-corrected chi connectivity index (χ1v) is 8.23. The molecule has 2 rings (SSSR count). The van der Waals surface area contributed by atoms with E-state index < -0.39 is 15.8 Å². The lowest BCUT2D eigenvalue weighted by molar-refractivity contribution is 0.584. The van der Waals surface area contributed by atoms with Gasteiger partial charge in [-0.2, -0.15) is 13.5 Å². The second kappa shape index (κ2) is 6.46. The minimum atomic E-state index is -3.82. The fourth-order valence-corrected chi connectivity index (χ4v) is 3.18. The highest BCUT2D eigenvalue weighted by Gasteiger charge is 2.15. The third kappa shape index (κ3) is 3.64. The summed E-state index contributed by atoms with van der Waals surface area (Å²) in [6, 6.07) is 9.11. The van der Waals surface area contributed by atoms with Gasteiger partial charge in [0.2, 0.25) is 0 Å². The second-order valence-corrected chi connectivity index (χ2v) is 6.79. The summed E-state index contributed by atoms with van der Waals surface area (Å²) in [6.07, 6.45) is 1.04. The zero-order valence-electron chi connectivity index (χ0n) is 12.0. The van der Waals surface area contributed by atoms with Crippen LogP contribution in [0.1, 0.15) is 16.7 Å². The van der Waals surface area contributed by atoms with E-state index in [9.17, 15) is 12.8 Å². The summed E-state index contributed by atoms with van der Waals surface area (Å²) in [6.45, 7) is 3.56. The van der Waals surface area contributed by atoms with Gasteiger partial charge in [0.15, 0.2) is 0 Å². The van der Waals surface area contributed by atoms with E-state index in [-0.39, 0.29) is 15.5 Å². The molecule has 22 heavy (non-hydrogen) atoms. The highest BCUT2D eigenvalue weighted by atomic mass is 35.5. The molecule has 0 radical (unpaired) electrons. The van der Waals surface area contributed by atoms with E-state index >= 15 is 0 Å². The summed E-state index contributed by atoms with van der Waals surface area (Å²) >= 11 is 5.83. The lowest BCUT2D eigenvalue weighted by Crippen LogP contribution is -2.19. The molecular weight excluding hydrogens is 327 g/mol. The summed E-state index contributed by atoms with van der Waals surface area (Å²) in [5.74, 6) is -0.582. The molecule has 0 heterocycles. The summed E-state index contributed by atoms with van der Waals surface area (Å²) in [5.41, 5.74) is 1.58. The molecule has 0 aliphatic rings. The Labute approximate surface area is 133 Å². The van der Waals surface area contributed by atoms with Crippen molar-refractivity contribution in [3.8, 4) is 0 Å². The quantitative estimate of drug-likeness (QED) is 0.685. The number of aryl methyl sites for hydroxylation is 2. The number of nitrogens with zero attached hydrogens (tertiary/aromatic N) is 1. The zero-order valence-corrected chi connectivity index (χ0v) is 13.5. The van der Waals surface area contributed by atoms with Gasteiger partial charge in [-0.05, 0) is 37.6 Å². The number of sulfonamides is 1. The molecule has 2 aromatic carbocycles. The van der Waals surface area contributed by atoms with Crippen molar-refractivity contribution in [2.45, 2.75) is 18.7 Å². The van der Waals surface area contributed by atoms with Crippen molar-refractivity contribution < 1.29 is 12.8 Å². The van der Waals surface area contributed by atoms with Crippen molar-refractivity contribution in [3.05, 3.63) is 63.9 Å². The number of benzene rings is 2. The summed E-state index contributed by atoms with van der Waals surface area (Å²) in [5, 5.41) is 3.74. The molecule has 2 aromatic rings. The number of hydrogen-bond donors (Lipinski definition) is 1. The average Bonchev–Trinajstić information content (AvgIpc) is 2.41. The molecule has 0 amide bonds. The van der Waals surface area contributed by atoms with Gasteiger partial charge in [0.05, 0.1) is 16.1 Å². The molecule has 116 valence electrons. The summed E-state index contributed by atoms with van der Waals surface area (Å²) < 4.78 is 37.9. The van der Waals surface area contributed by atoms with E-state index in [1.807, 2.05) is 6.92 Å². The topological polar surface area (TPSA) is 58.5 Å². The molecule has 0 aliphatic heterocycles. The Bertz CT molecular complexity index is 815. The predicted octanol–water partition coefficient (Wildman–Crippen LogP) is 3.41. The maximum absolute atomic E-state index is 13.5. The second-order valence-electron chi connectivity index (χ2n) is 4.76. The van der Waals surface area contributed by atoms with Crippen molar-refractivity contribution in [2.24, 2.45) is 5.10 Å². The molecule has 0 spiro atoms. The number of hydrazone groups is 1. The molecule has 0 unspecified atom stereocenters. The standard InChI is InChI=1S/C15H14ClFN2O2S/c1-10-6-7-15(11(2)8-10)22(20,21)19-18-9-12-13(16)4-3-5-14(12)17/h3-9,19H,1-2H3/b18-9+. The normalized spacial score (nSPS) is 11.8. The first kappa shape index (κ1) is 16.5. The molecule has 0 atom stereocenters. The largest absolute Gasteiger partial charge is 0.276 e. The SMILES string of the molecule is Cc1ccc(S(=O)(=O)N/N=C/c2c(F)cccc2Cl)c(C)c1. The summed E-state index contributed by atoms with van der Waals surface area (Å²) in [7, 11) is -3.82. The van der Waals surface area contributed by atoms with Crippen LogP contribution in [0.15, 0.2) is 46.4 Å². The maximum atomic E-state index is 13.5. The first-order valence-electron chi connectivity index (χ1n) is 6.37. The van der Waals surface area contributed by atoms with Gasteiger partial charge in [-0.25, -0.2) is 9.22 Å². The van der Waals surface area contributed by atoms with E-state index in [0.29, 0.717) is 5.56 Å². The van der Waals surface area contributed by atoms with Crippen LogP contribution in [0.4, 0.5) is 4.39 Å². The summed E-state index contributed by atoms with van der Waals surface area (Å²) in [4.78, 5) is 2.18. The van der Waals surface area contributed by atoms with Crippen molar-refractivity contribution in [2.75, 3.05) is 0 Å². The third-order valence-corrected chi connectivity index (χ3v) is 4.70. The number of hydrogen-bond acceptors (Lipinski definition) is 3. The Morgan fingerprint density at radius 2 is 1.95 bits per heavy atom. The van der Waals surface area contributed by atoms with E-state index in [2.05, 4.69) is 9.93 Å². The molecule has 0 bridgehead atoms. The molecule has 0 saturated carbocycles. The minimum Gasteiger partial charge on any atom is -0.206 e. The number of halogens is 2. The smallest absolute Gasteiger partial charge is 0.206 e. The molecule has 1 N–H and O–H groups in total. The van der Waals surface area contributed by atoms with Crippen molar-refractivity contribution in [1.29, 1.82) is 0 Å². The third-order valence-electron chi connectivity index (χ3n) is 2.99. The fourth-order valence-electron chi connectivity index (χ4n) is 1.94. The van der Waals surface area contributed by atoms with Gasteiger partial charge in [0, 0.05) is 5.56 Å². The predicted molar refractivity (Wildman–Crippen MR) is 85.2 cm³/mol. The molecule has 0 aromatic heterocycles. The molecular formula is C15H14ClFN2O2S. The lowest BCUT2D eigenvalue weighted by Gasteiger charge is -2.07. The van der Waals surface area contributed by atoms with Crippen LogP contribution in [0, 0.1) is 19.7 Å². The monoisotopic (exact) mass is 340 g/mol. The van der Waals surface area contributed by atoms with Gasteiger partial charge in [0.1, 0.15) is 5.82 Å². The molecule has 0 aliphatic carbocycles. The highest BCUT2D eigenvalue weighted by Crippen LogP contribution is 2.18. The van der Waals surface area contributed by atoms with Crippen LogP contribution in [0.2, 0.25) is 5.02 Å². The van der Waals surface area contributed by atoms with Crippen molar-refractivity contribution in [1.82, 2.24) is 4.83 Å². The zero-order chi connectivity index (χ0) is 16.3. The maximum Gasteiger partial charge on any atom is 0.276 e. The van der Waals surface area contributed by atoms with Gasteiger partial charge in [-0.15, -0.1) is 0 Å². The average molecular weight is 341 g/mol. The lowest BCUT2D eigenvalue weighted by atomic mass is 10.2. The van der Waals surface area contributed by atoms with Gasteiger partial charge < -0.3 is 0 Å². The molecule has 0 saturated heterocycles. The number of nitrogens with one attached hydrogen (secondary N) is 1. The van der Waals surface area contributed by atoms with Gasteiger partial charge in [-0.1, -0.05) is 35.4 Å². The molecule has 4 nitrogen and oxygen atoms in total. The Balaban J connectivity index is 2.25. The van der Waals surface area contributed by atoms with Gasteiger partial charge in [0.25, 0.3) is 10.0 Å². The van der Waals surface area contributed by atoms with Crippen molar-refractivity contribution >= 4 is 27.8 Å². The van der Waals surface area contributed by atoms with Crippen molar-refractivity contribution in [3.63, 3.8) is 0 Å². The van der Waals surface area contributed by atoms with Crippen LogP contribution in [0.25, 0.3) is 0 Å². The number of rotatable bonds is 4. The Kier molecular flexibility index (Phi) is 4.83. The van der Waals surface area contributed by atoms with Crippen LogP contribution in [-0.4, -0.2) is 14.6 Å². The van der Waals surface area contributed by atoms with Gasteiger partial charge in [-0.3, -0.25) is 0 Å². The molecule has 7 heteroatoms. The Morgan fingerprint density at radius 3 is 2.59 bits per heavy atom. The van der Waals surface area contributed by atoms with E-state index in [1.165, 1.54) is 24.3 Å². The van der Waals surface area contributed by atoms with E-state index in [0.717, 1.165) is 11.8 Å². The van der Waals surface area contributed by atoms with Crippen LogP contribution in [-0.2, 0) is 10.0 Å². The van der Waals surface area contributed by atoms with Gasteiger partial charge >= 0.3 is 0 Å². The minimum absolute atomic E-state index is 0.0208. The van der Waals surface area contributed by atoms with Crippen LogP contribution in [0.3, 0.4) is 0 Å². The van der Waals surface area contributed by atoms with Crippen LogP contribution in [0.5, 0.6) is 0 Å². The van der Waals surface area contributed by atoms with E-state index in [1.54, 1.807) is 19.1 Å². The fraction of sp³-hybridized carbons (Fsp3) is 0.133.